The third-order valence-corrected chi connectivity index (χ3v) is 4.64. The van der Waals surface area contributed by atoms with Crippen molar-refractivity contribution in [3.8, 4) is 11.5 Å². The summed E-state index contributed by atoms with van der Waals surface area (Å²) in [6.07, 6.45) is 1.02. The second-order valence-corrected chi connectivity index (χ2v) is 7.06. The third-order valence-electron chi connectivity index (χ3n) is 4.64. The first kappa shape index (κ1) is 16.7. The number of phenolic OH excluding ortho intramolecular Hbond substituents is 1. The molecule has 1 unspecified atom stereocenters. The molecule has 22 heavy (non-hydrogen) atoms. The quantitative estimate of drug-likeness (QED) is 0.881. The van der Waals surface area contributed by atoms with Gasteiger partial charge in [-0.1, -0.05) is 27.7 Å². The predicted octanol–water partition coefficient (Wildman–Crippen LogP) is 4.12. The van der Waals surface area contributed by atoms with Gasteiger partial charge in [-0.2, -0.15) is 0 Å². The number of carbonyl (C=O) groups is 1. The van der Waals surface area contributed by atoms with Gasteiger partial charge in [0.15, 0.2) is 0 Å². The Morgan fingerprint density at radius 1 is 1.18 bits per heavy atom. The summed E-state index contributed by atoms with van der Waals surface area (Å²) < 4.78 is 5.94. The summed E-state index contributed by atoms with van der Waals surface area (Å²) in [6.45, 7) is 11.7. The molecule has 1 aromatic rings. The summed E-state index contributed by atoms with van der Waals surface area (Å²) in [5.41, 5.74) is 2.39. The van der Waals surface area contributed by atoms with E-state index in [1.54, 1.807) is 6.92 Å². The minimum Gasteiger partial charge on any atom is -0.507 e. The summed E-state index contributed by atoms with van der Waals surface area (Å²) in [6, 6.07) is 0. The van der Waals surface area contributed by atoms with E-state index in [1.807, 2.05) is 34.6 Å². The molecule has 0 aliphatic carbocycles. The molecule has 1 aliphatic rings. The maximum atomic E-state index is 11.5. The van der Waals surface area contributed by atoms with Crippen LogP contribution in [0, 0.1) is 6.92 Å². The summed E-state index contributed by atoms with van der Waals surface area (Å²) >= 11 is 0. The predicted molar refractivity (Wildman–Crippen MR) is 86.0 cm³/mol. The molecule has 0 aromatic heterocycles. The maximum absolute atomic E-state index is 11.5. The standard InChI is InChI=1S/C18H26O4/c1-9(2)13-11(5)16-12(14(10(3)4)15(13)19)7-8-18(6,22-16)17(20)21/h9-10,19H,7-8H2,1-6H3,(H,20,21). The van der Waals surface area contributed by atoms with Crippen LogP contribution in [-0.4, -0.2) is 21.8 Å². The van der Waals surface area contributed by atoms with E-state index < -0.39 is 11.6 Å². The van der Waals surface area contributed by atoms with Gasteiger partial charge in [-0.05, 0) is 37.7 Å². The molecule has 2 N–H and O–H groups in total. The van der Waals surface area contributed by atoms with Crippen molar-refractivity contribution in [3.63, 3.8) is 0 Å². The van der Waals surface area contributed by atoms with Crippen molar-refractivity contribution in [3.05, 3.63) is 22.3 Å². The largest absolute Gasteiger partial charge is 0.507 e. The molecule has 0 fully saturated rings. The molecular weight excluding hydrogens is 280 g/mol. The molecule has 1 heterocycles. The number of aliphatic carboxylic acids is 1. The fraction of sp³-hybridized carbons (Fsp3) is 0.611. The van der Waals surface area contributed by atoms with Crippen LogP contribution in [0.25, 0.3) is 0 Å². The maximum Gasteiger partial charge on any atom is 0.347 e. The van der Waals surface area contributed by atoms with Crippen molar-refractivity contribution >= 4 is 5.97 Å². The van der Waals surface area contributed by atoms with E-state index >= 15 is 0 Å². The number of carboxylic acid groups (broad SMARTS) is 1. The van der Waals surface area contributed by atoms with E-state index in [1.165, 1.54) is 0 Å². The van der Waals surface area contributed by atoms with Gasteiger partial charge in [-0.15, -0.1) is 0 Å². The van der Waals surface area contributed by atoms with Crippen molar-refractivity contribution in [2.45, 2.75) is 71.8 Å². The molecule has 1 aromatic carbocycles. The molecule has 122 valence electrons. The topological polar surface area (TPSA) is 66.8 Å². The van der Waals surface area contributed by atoms with E-state index in [0.717, 1.165) is 22.3 Å². The van der Waals surface area contributed by atoms with Gasteiger partial charge in [0.05, 0.1) is 0 Å². The van der Waals surface area contributed by atoms with Crippen molar-refractivity contribution < 1.29 is 19.7 Å². The van der Waals surface area contributed by atoms with Crippen LogP contribution in [0.4, 0.5) is 0 Å². The lowest BCUT2D eigenvalue weighted by Gasteiger charge is -2.36. The van der Waals surface area contributed by atoms with E-state index in [-0.39, 0.29) is 11.8 Å². The zero-order valence-electron chi connectivity index (χ0n) is 14.3. The van der Waals surface area contributed by atoms with Crippen LogP contribution in [0.2, 0.25) is 0 Å². The fourth-order valence-electron chi connectivity index (χ4n) is 3.44. The van der Waals surface area contributed by atoms with Gasteiger partial charge in [0.2, 0.25) is 5.60 Å². The number of ether oxygens (including phenoxy) is 1. The van der Waals surface area contributed by atoms with E-state index in [4.69, 9.17) is 4.74 Å². The number of fused-ring (bicyclic) bond motifs is 1. The number of phenols is 1. The first-order valence-electron chi connectivity index (χ1n) is 7.90. The van der Waals surface area contributed by atoms with Gasteiger partial charge in [-0.25, -0.2) is 4.79 Å². The summed E-state index contributed by atoms with van der Waals surface area (Å²) in [4.78, 5) is 11.5. The second kappa shape index (κ2) is 5.49. The molecule has 1 atom stereocenters. The van der Waals surface area contributed by atoms with Crippen LogP contribution in [-0.2, 0) is 11.2 Å². The Labute approximate surface area is 132 Å². The highest BCUT2D eigenvalue weighted by Gasteiger charge is 2.41. The van der Waals surface area contributed by atoms with Crippen LogP contribution in [0.3, 0.4) is 0 Å². The van der Waals surface area contributed by atoms with Gasteiger partial charge in [0.25, 0.3) is 0 Å². The van der Waals surface area contributed by atoms with Crippen LogP contribution in [0.15, 0.2) is 0 Å². The van der Waals surface area contributed by atoms with Crippen molar-refractivity contribution in [2.75, 3.05) is 0 Å². The number of hydrogen-bond donors (Lipinski definition) is 2. The van der Waals surface area contributed by atoms with Crippen molar-refractivity contribution in [2.24, 2.45) is 0 Å². The molecule has 4 nitrogen and oxygen atoms in total. The molecule has 2 rings (SSSR count). The normalized spacial score (nSPS) is 20.9. The molecule has 0 saturated carbocycles. The lowest BCUT2D eigenvalue weighted by molar-refractivity contribution is -0.155. The average molecular weight is 306 g/mol. The Morgan fingerprint density at radius 3 is 2.18 bits per heavy atom. The van der Waals surface area contributed by atoms with E-state index in [9.17, 15) is 15.0 Å². The zero-order chi connectivity index (χ0) is 16.8. The molecule has 0 radical (unpaired) electrons. The molecule has 0 bridgehead atoms. The minimum atomic E-state index is -1.20. The van der Waals surface area contributed by atoms with Gasteiger partial charge in [-0.3, -0.25) is 0 Å². The smallest absolute Gasteiger partial charge is 0.347 e. The zero-order valence-corrected chi connectivity index (χ0v) is 14.3. The Bertz CT molecular complexity index is 616. The Balaban J connectivity index is 2.74. The average Bonchev–Trinajstić information content (AvgIpc) is 2.39. The minimum absolute atomic E-state index is 0.143. The second-order valence-electron chi connectivity index (χ2n) is 7.06. The molecule has 0 spiro atoms. The molecule has 0 saturated heterocycles. The fourth-order valence-corrected chi connectivity index (χ4v) is 3.44. The van der Waals surface area contributed by atoms with Crippen LogP contribution in [0.1, 0.15) is 75.1 Å². The van der Waals surface area contributed by atoms with Gasteiger partial charge in [0.1, 0.15) is 11.5 Å². The highest BCUT2D eigenvalue weighted by molar-refractivity contribution is 5.78. The molecular formula is C18H26O4. The molecule has 1 aliphatic heterocycles. The monoisotopic (exact) mass is 306 g/mol. The van der Waals surface area contributed by atoms with Crippen LogP contribution < -0.4 is 4.74 Å². The highest BCUT2D eigenvalue weighted by Crippen LogP contribution is 2.48. The molecule has 0 amide bonds. The highest BCUT2D eigenvalue weighted by atomic mass is 16.5. The van der Waals surface area contributed by atoms with E-state index in [0.29, 0.717) is 24.3 Å². The lowest BCUT2D eigenvalue weighted by Crippen LogP contribution is -2.44. The summed E-state index contributed by atoms with van der Waals surface area (Å²) in [5, 5.41) is 20.2. The first-order valence-corrected chi connectivity index (χ1v) is 7.90. The SMILES string of the molecule is Cc1c2c(c(C(C)C)c(O)c1C(C)C)CCC(C)(C(=O)O)O2. The summed E-state index contributed by atoms with van der Waals surface area (Å²) in [7, 11) is 0. The van der Waals surface area contributed by atoms with Gasteiger partial charge in [0, 0.05) is 23.1 Å². The summed E-state index contributed by atoms with van der Waals surface area (Å²) in [5.74, 6) is 0.363. The Morgan fingerprint density at radius 2 is 1.73 bits per heavy atom. The first-order chi connectivity index (χ1) is 10.1. The number of carboxylic acids is 1. The number of hydrogen-bond acceptors (Lipinski definition) is 3. The lowest BCUT2D eigenvalue weighted by atomic mass is 9.81. The van der Waals surface area contributed by atoms with Crippen LogP contribution >= 0.6 is 0 Å². The van der Waals surface area contributed by atoms with Gasteiger partial charge >= 0.3 is 5.97 Å². The van der Waals surface area contributed by atoms with E-state index in [2.05, 4.69) is 0 Å². The van der Waals surface area contributed by atoms with Crippen molar-refractivity contribution in [1.29, 1.82) is 0 Å². The number of benzene rings is 1. The number of rotatable bonds is 3. The van der Waals surface area contributed by atoms with Crippen LogP contribution in [0.5, 0.6) is 11.5 Å². The molecule has 4 heteroatoms. The third kappa shape index (κ3) is 2.44. The Hall–Kier alpha value is -1.71. The van der Waals surface area contributed by atoms with Gasteiger partial charge < -0.3 is 14.9 Å². The number of aromatic hydroxyl groups is 1. The van der Waals surface area contributed by atoms with Crippen molar-refractivity contribution in [1.82, 2.24) is 0 Å². The Kier molecular flexibility index (Phi) is 4.16.